The molecule has 1 heterocycles. The van der Waals surface area contributed by atoms with Gasteiger partial charge in [-0.2, -0.15) is 13.8 Å². The smallest absolute Gasteiger partial charge is 0.493 e. The van der Waals surface area contributed by atoms with Crippen molar-refractivity contribution in [2.45, 2.75) is 197 Å². The molecule has 2 aromatic rings. The van der Waals surface area contributed by atoms with Crippen LogP contribution >= 0.6 is 0 Å². The number of hydrogen-bond acceptors (Lipinski definition) is 0. The third kappa shape index (κ3) is 15.1. The molecular weight excluding hydrogens is 663 g/mol. The Labute approximate surface area is 328 Å². The molecule has 1 aliphatic rings. The summed E-state index contributed by atoms with van der Waals surface area (Å²) in [6.45, 7) is 26.1. The molecule has 0 fully saturated rings. The van der Waals surface area contributed by atoms with E-state index >= 15 is 0 Å². The Bertz CT molecular complexity index is 1260. The van der Waals surface area contributed by atoms with Crippen LogP contribution in [-0.4, -0.2) is 4.70 Å². The summed E-state index contributed by atoms with van der Waals surface area (Å²) in [6, 6.07) is 9.78. The molecule has 1 aliphatic heterocycles. The summed E-state index contributed by atoms with van der Waals surface area (Å²) >= 11 is 0. The Morgan fingerprint density at radius 3 is 1.27 bits per heavy atom. The predicted molar refractivity (Wildman–Crippen MR) is 225 cm³/mol. The van der Waals surface area contributed by atoms with Crippen LogP contribution in [0.4, 0.5) is 0 Å². The van der Waals surface area contributed by atoms with Gasteiger partial charge in [0.25, 0.3) is 0 Å². The third-order valence-corrected chi connectivity index (χ3v) is 9.96. The number of benzene rings is 2. The third-order valence-electron chi connectivity index (χ3n) is 9.96. The van der Waals surface area contributed by atoms with Crippen molar-refractivity contribution in [1.29, 1.82) is 0 Å². The Hall–Kier alpha value is -1.99. The number of nitrogens with zero attached hydrogens (tertiary/aromatic N) is 2. The van der Waals surface area contributed by atoms with E-state index in [0.29, 0.717) is 0 Å². The van der Waals surface area contributed by atoms with Crippen LogP contribution in [0.1, 0.15) is 203 Å². The average molecular weight is 742 g/mol. The fourth-order valence-corrected chi connectivity index (χ4v) is 7.51. The van der Waals surface area contributed by atoms with Crippen LogP contribution in [0.3, 0.4) is 0 Å². The molecule has 0 bridgehead atoms. The van der Waals surface area contributed by atoms with Crippen molar-refractivity contribution in [1.82, 2.24) is 0 Å². The molecule has 3 heteroatoms. The number of hydrogen-bond donors (Lipinski definition) is 0. The second-order valence-corrected chi connectivity index (χ2v) is 14.0. The molecule has 0 spiro atoms. The van der Waals surface area contributed by atoms with Gasteiger partial charge in [0.05, 0.1) is 0 Å². The Balaban J connectivity index is 0.00000482. The molecule has 51 heavy (non-hydrogen) atoms. The van der Waals surface area contributed by atoms with Gasteiger partial charge in [0.2, 0.25) is 11.4 Å². The van der Waals surface area contributed by atoms with Gasteiger partial charge in [-0.3, -0.25) is 0 Å². The maximum Gasteiger partial charge on any atom is 2.00 e. The zero-order valence-corrected chi connectivity index (χ0v) is 35.8. The largest absolute Gasteiger partial charge is 2.00 e. The van der Waals surface area contributed by atoms with Crippen LogP contribution in [0.2, 0.25) is 0 Å². The maximum atomic E-state index is 12.2. The van der Waals surface area contributed by atoms with E-state index in [-0.39, 0.29) is 16.5 Å². The van der Waals surface area contributed by atoms with Crippen molar-refractivity contribution < 1.29 is 21.2 Å². The van der Waals surface area contributed by atoms with Crippen molar-refractivity contribution in [2.75, 3.05) is 0 Å². The van der Waals surface area contributed by atoms with Gasteiger partial charge in [-0.15, -0.1) is 0 Å². The van der Waals surface area contributed by atoms with Crippen LogP contribution in [-0.2, 0) is 55.0 Å². The van der Waals surface area contributed by atoms with E-state index in [0.717, 1.165) is 75.6 Å². The van der Waals surface area contributed by atoms with Gasteiger partial charge >= 0.3 is 16.5 Å². The van der Waals surface area contributed by atoms with Crippen LogP contribution in [0.5, 0.6) is 0 Å². The second-order valence-electron chi connectivity index (χ2n) is 14.0. The molecule has 0 saturated carbocycles. The monoisotopic (exact) mass is 741 g/mol. The Morgan fingerprint density at radius 2 is 0.843 bits per heavy atom. The van der Waals surface area contributed by atoms with E-state index < -0.39 is 0 Å². The van der Waals surface area contributed by atoms with Gasteiger partial charge in [0.15, 0.2) is 0 Å². The minimum absolute atomic E-state index is 0. The summed E-state index contributed by atoms with van der Waals surface area (Å²) in [6.07, 6.45) is 27.3. The molecule has 0 aromatic heterocycles. The summed E-state index contributed by atoms with van der Waals surface area (Å²) in [5.41, 5.74) is 27.1. The number of aryl methyl sites for hydroxylation is 4. The van der Waals surface area contributed by atoms with Gasteiger partial charge in [0, 0.05) is 22.8 Å². The SMILES string of the molecule is CCCCCc1cc(C2=C(CCCC)C=C(c3cc(CCC)c(CCC)c(CCC)c3)[N+]2=[N-])cc(CCCCC)c1CCCCC.[CH2-]C.[CH2-]C.[Ni+2]. The zero-order valence-electron chi connectivity index (χ0n) is 34.9. The fraction of sp³-hybridized carbons (Fsp3) is 0.625. The van der Waals surface area contributed by atoms with Crippen molar-refractivity contribution in [3.8, 4) is 0 Å². The summed E-state index contributed by atoms with van der Waals surface area (Å²) in [5.74, 6) is 0. The molecule has 0 radical (unpaired) electrons. The van der Waals surface area contributed by atoms with E-state index in [1.807, 2.05) is 0 Å². The molecule has 0 N–H and O–H groups in total. The van der Waals surface area contributed by atoms with Gasteiger partial charge in [-0.05, 0) is 128 Å². The molecular formula is C48H78N2Ni. The summed E-state index contributed by atoms with van der Waals surface area (Å²) in [7, 11) is 0. The minimum Gasteiger partial charge on any atom is -0.493 e. The van der Waals surface area contributed by atoms with E-state index in [9.17, 15) is 5.53 Å². The fourth-order valence-electron chi connectivity index (χ4n) is 7.51. The average Bonchev–Trinajstić information content (AvgIpc) is 3.47. The topological polar surface area (TPSA) is 25.3 Å². The first-order valence-electron chi connectivity index (χ1n) is 21.1. The minimum atomic E-state index is 0. The van der Waals surface area contributed by atoms with Gasteiger partial charge in [-0.25, -0.2) is 4.70 Å². The molecule has 0 atom stereocenters. The maximum absolute atomic E-state index is 12.2. The number of unbranched alkanes of at least 4 members (excludes halogenated alkanes) is 7. The molecule has 0 saturated heterocycles. The molecule has 0 amide bonds. The number of rotatable bonds is 23. The van der Waals surface area contributed by atoms with Crippen molar-refractivity contribution >= 4 is 11.4 Å². The normalized spacial score (nSPS) is 12.2. The molecule has 0 aliphatic carbocycles. The standard InChI is InChI=1S/C44H68N2.2C2H5.Ni/c1-8-15-19-26-36-31-40(32-37(27-20-16-9-2)42(36)28-21-17-10-3)44-38(25-18-11-4)33-43(46(44)45)39-29-34(22-12-5)41(24-14-7)35(30-39)23-13-6;2*1-2;/h29-33H,8-28H2,1-7H3;2*1H2,2H3;/q;2*-1;+2. The van der Waals surface area contributed by atoms with Gasteiger partial charge < -0.3 is 19.4 Å². The van der Waals surface area contributed by atoms with E-state index in [1.165, 1.54) is 110 Å². The van der Waals surface area contributed by atoms with Gasteiger partial charge in [0.1, 0.15) is 0 Å². The summed E-state index contributed by atoms with van der Waals surface area (Å²) < 4.78 is 1.59. The Morgan fingerprint density at radius 1 is 0.451 bits per heavy atom. The van der Waals surface area contributed by atoms with Crippen molar-refractivity contribution in [2.24, 2.45) is 0 Å². The first-order valence-corrected chi connectivity index (χ1v) is 21.1. The van der Waals surface area contributed by atoms with Crippen LogP contribution in [0, 0.1) is 13.8 Å². The van der Waals surface area contributed by atoms with Crippen molar-refractivity contribution in [3.05, 3.63) is 99.8 Å². The molecule has 2 nitrogen and oxygen atoms in total. The quantitative estimate of drug-likeness (QED) is 0.0469. The van der Waals surface area contributed by atoms with Crippen LogP contribution < -0.4 is 0 Å². The second kappa shape index (κ2) is 29.5. The summed E-state index contributed by atoms with van der Waals surface area (Å²) in [5, 5.41) is 0. The van der Waals surface area contributed by atoms with Crippen LogP contribution in [0.15, 0.2) is 35.9 Å². The molecule has 3 rings (SSSR count). The molecule has 0 unspecified atom stereocenters. The van der Waals surface area contributed by atoms with Crippen molar-refractivity contribution in [3.63, 3.8) is 0 Å². The number of allylic oxidation sites excluding steroid dienone is 2. The van der Waals surface area contributed by atoms with E-state index in [2.05, 4.69) is 92.7 Å². The van der Waals surface area contributed by atoms with E-state index in [1.54, 1.807) is 29.7 Å². The molecule has 2 aromatic carbocycles. The first-order chi connectivity index (χ1) is 24.5. The van der Waals surface area contributed by atoms with Gasteiger partial charge in [-0.1, -0.05) is 113 Å². The molecule has 290 valence electrons. The Kier molecular flexibility index (Phi) is 28.3. The zero-order chi connectivity index (χ0) is 37.3. The summed E-state index contributed by atoms with van der Waals surface area (Å²) in [4.78, 5) is 0. The van der Waals surface area contributed by atoms with Crippen LogP contribution in [0.25, 0.3) is 16.9 Å². The predicted octanol–water partition coefficient (Wildman–Crippen LogP) is 15.4. The van der Waals surface area contributed by atoms with E-state index in [4.69, 9.17) is 0 Å². The first kappa shape index (κ1) is 49.0.